The third-order valence-corrected chi connectivity index (χ3v) is 2.77. The maximum Gasteiger partial charge on any atom is 0.123 e. The molecule has 0 bridgehead atoms. The van der Waals surface area contributed by atoms with Gasteiger partial charge in [-0.15, -0.1) is 0 Å². The minimum absolute atomic E-state index is 0.336. The minimum Gasteiger partial charge on any atom is -0.507 e. The van der Waals surface area contributed by atoms with Crippen molar-refractivity contribution in [2.24, 2.45) is 0 Å². The summed E-state index contributed by atoms with van der Waals surface area (Å²) in [7, 11) is 0. The van der Waals surface area contributed by atoms with E-state index in [9.17, 15) is 5.11 Å². The van der Waals surface area contributed by atoms with Gasteiger partial charge in [0.15, 0.2) is 0 Å². The highest BCUT2D eigenvalue weighted by Crippen LogP contribution is 2.30. The summed E-state index contributed by atoms with van der Waals surface area (Å²) in [6, 6.07) is 15.8. The van der Waals surface area contributed by atoms with Crippen molar-refractivity contribution in [1.29, 1.82) is 0 Å². The lowest BCUT2D eigenvalue weighted by Gasteiger charge is -2.09. The lowest BCUT2D eigenvalue weighted by molar-refractivity contribution is 0.477. The number of phenols is 1. The van der Waals surface area contributed by atoms with E-state index in [4.69, 9.17) is 0 Å². The van der Waals surface area contributed by atoms with E-state index >= 15 is 0 Å². The number of benzene rings is 2. The minimum atomic E-state index is 0.336. The van der Waals surface area contributed by atoms with E-state index in [-0.39, 0.29) is 0 Å². The Morgan fingerprint density at radius 1 is 0.938 bits per heavy atom. The van der Waals surface area contributed by atoms with Gasteiger partial charge in [-0.2, -0.15) is 0 Å². The number of rotatable bonds is 2. The first kappa shape index (κ1) is 10.7. The van der Waals surface area contributed by atoms with Gasteiger partial charge in [0.2, 0.25) is 0 Å². The Labute approximate surface area is 96.4 Å². The molecule has 0 saturated heterocycles. The third-order valence-electron chi connectivity index (χ3n) is 2.77. The zero-order valence-corrected chi connectivity index (χ0v) is 9.64. The number of aromatic hydroxyl groups is 1. The molecule has 2 rings (SSSR count). The van der Waals surface area contributed by atoms with Crippen LogP contribution in [0.25, 0.3) is 11.1 Å². The fourth-order valence-electron chi connectivity index (χ4n) is 1.78. The van der Waals surface area contributed by atoms with E-state index in [2.05, 4.69) is 26.0 Å². The van der Waals surface area contributed by atoms with Crippen LogP contribution >= 0.6 is 0 Å². The van der Waals surface area contributed by atoms with Crippen molar-refractivity contribution in [2.75, 3.05) is 0 Å². The van der Waals surface area contributed by atoms with Crippen LogP contribution in [0.3, 0.4) is 0 Å². The molecular weight excluding hydrogens is 196 g/mol. The first-order chi connectivity index (χ1) is 7.68. The number of para-hydroxylation sites is 1. The van der Waals surface area contributed by atoms with Crippen molar-refractivity contribution in [3.05, 3.63) is 54.1 Å². The summed E-state index contributed by atoms with van der Waals surface area (Å²) < 4.78 is 0. The highest BCUT2D eigenvalue weighted by atomic mass is 16.3. The molecule has 2 aromatic carbocycles. The van der Waals surface area contributed by atoms with Gasteiger partial charge in [0, 0.05) is 5.56 Å². The Balaban J connectivity index is 2.49. The first-order valence-corrected chi connectivity index (χ1v) is 5.57. The number of hydrogen-bond acceptors (Lipinski definition) is 1. The summed E-state index contributed by atoms with van der Waals surface area (Å²) in [5.41, 5.74) is 3.26. The second-order valence-corrected chi connectivity index (χ2v) is 4.30. The van der Waals surface area contributed by atoms with Crippen LogP contribution in [0.15, 0.2) is 48.5 Å². The van der Waals surface area contributed by atoms with Gasteiger partial charge in [0.1, 0.15) is 5.75 Å². The molecule has 0 atom stereocenters. The van der Waals surface area contributed by atoms with Crippen molar-refractivity contribution in [1.82, 2.24) is 0 Å². The fraction of sp³-hybridized carbons (Fsp3) is 0.200. The summed E-state index contributed by atoms with van der Waals surface area (Å²) in [5, 5.41) is 9.79. The first-order valence-electron chi connectivity index (χ1n) is 5.57. The van der Waals surface area contributed by atoms with Crippen LogP contribution in [0.2, 0.25) is 0 Å². The molecular formula is C15H16O. The van der Waals surface area contributed by atoms with Crippen molar-refractivity contribution in [3.8, 4) is 16.9 Å². The topological polar surface area (TPSA) is 20.2 Å². The third kappa shape index (κ3) is 2.08. The van der Waals surface area contributed by atoms with Gasteiger partial charge in [-0.1, -0.05) is 56.3 Å². The molecule has 0 aliphatic rings. The molecule has 1 N–H and O–H groups in total. The predicted molar refractivity (Wildman–Crippen MR) is 67.6 cm³/mol. The lowest BCUT2D eigenvalue weighted by Crippen LogP contribution is -1.87. The maximum absolute atomic E-state index is 9.79. The quantitative estimate of drug-likeness (QED) is 0.791. The van der Waals surface area contributed by atoms with Crippen LogP contribution in [-0.2, 0) is 0 Å². The summed E-state index contributed by atoms with van der Waals surface area (Å²) in [6.07, 6.45) is 0. The molecule has 0 unspecified atom stereocenters. The van der Waals surface area contributed by atoms with Crippen LogP contribution in [-0.4, -0.2) is 5.11 Å². The molecule has 2 aromatic rings. The monoisotopic (exact) mass is 212 g/mol. The molecule has 0 heterocycles. The van der Waals surface area contributed by atoms with Gasteiger partial charge >= 0.3 is 0 Å². The maximum atomic E-state index is 9.79. The molecule has 1 heteroatoms. The fourth-order valence-corrected chi connectivity index (χ4v) is 1.78. The second kappa shape index (κ2) is 4.40. The van der Waals surface area contributed by atoms with Crippen molar-refractivity contribution in [3.63, 3.8) is 0 Å². The van der Waals surface area contributed by atoms with Gasteiger partial charge in [-0.25, -0.2) is 0 Å². The van der Waals surface area contributed by atoms with E-state index in [0.29, 0.717) is 11.7 Å². The van der Waals surface area contributed by atoms with Gasteiger partial charge in [-0.05, 0) is 23.1 Å². The van der Waals surface area contributed by atoms with E-state index in [1.54, 1.807) is 6.07 Å². The Morgan fingerprint density at radius 2 is 1.69 bits per heavy atom. The lowest BCUT2D eigenvalue weighted by atomic mass is 9.97. The molecule has 82 valence electrons. The van der Waals surface area contributed by atoms with Gasteiger partial charge in [-0.3, -0.25) is 0 Å². The average molecular weight is 212 g/mol. The van der Waals surface area contributed by atoms with Crippen molar-refractivity contribution in [2.45, 2.75) is 19.8 Å². The summed E-state index contributed by atoms with van der Waals surface area (Å²) in [6.45, 7) is 4.34. The molecule has 0 aliphatic heterocycles. The van der Waals surface area contributed by atoms with E-state index < -0.39 is 0 Å². The average Bonchev–Trinajstić information content (AvgIpc) is 2.30. The molecule has 0 spiro atoms. The summed E-state index contributed by atoms with van der Waals surface area (Å²) >= 11 is 0. The van der Waals surface area contributed by atoms with Crippen molar-refractivity contribution >= 4 is 0 Å². The van der Waals surface area contributed by atoms with Crippen LogP contribution in [0, 0.1) is 0 Å². The van der Waals surface area contributed by atoms with Crippen LogP contribution in [0.4, 0.5) is 0 Å². The Morgan fingerprint density at radius 3 is 2.38 bits per heavy atom. The Kier molecular flexibility index (Phi) is 2.95. The van der Waals surface area contributed by atoms with Gasteiger partial charge < -0.3 is 5.11 Å². The molecule has 0 amide bonds. The Bertz CT molecular complexity index is 486. The molecule has 16 heavy (non-hydrogen) atoms. The van der Waals surface area contributed by atoms with Gasteiger partial charge in [0.05, 0.1) is 0 Å². The van der Waals surface area contributed by atoms with Gasteiger partial charge in [0.25, 0.3) is 0 Å². The van der Waals surface area contributed by atoms with E-state index in [1.807, 2.05) is 30.3 Å². The normalized spacial score (nSPS) is 10.7. The summed E-state index contributed by atoms with van der Waals surface area (Å²) in [4.78, 5) is 0. The molecule has 0 fully saturated rings. The highest BCUT2D eigenvalue weighted by molar-refractivity contribution is 5.70. The van der Waals surface area contributed by atoms with E-state index in [1.165, 1.54) is 5.56 Å². The number of phenolic OH excluding ortho intramolecular Hbond substituents is 1. The zero-order chi connectivity index (χ0) is 11.5. The van der Waals surface area contributed by atoms with Crippen LogP contribution in [0.5, 0.6) is 5.75 Å². The van der Waals surface area contributed by atoms with Crippen LogP contribution in [0.1, 0.15) is 25.3 Å². The van der Waals surface area contributed by atoms with E-state index in [0.717, 1.165) is 11.1 Å². The van der Waals surface area contributed by atoms with Crippen molar-refractivity contribution < 1.29 is 5.11 Å². The Hall–Kier alpha value is -1.76. The largest absolute Gasteiger partial charge is 0.507 e. The zero-order valence-electron chi connectivity index (χ0n) is 9.64. The molecule has 0 aliphatic carbocycles. The smallest absolute Gasteiger partial charge is 0.123 e. The predicted octanol–water partition coefficient (Wildman–Crippen LogP) is 4.18. The highest BCUT2D eigenvalue weighted by Gasteiger charge is 2.05. The molecule has 1 nitrogen and oxygen atoms in total. The van der Waals surface area contributed by atoms with Crippen LogP contribution < -0.4 is 0 Å². The summed E-state index contributed by atoms with van der Waals surface area (Å²) in [5.74, 6) is 0.842. The molecule has 0 saturated carbocycles. The SMILES string of the molecule is CC(C)c1cccc(-c2ccccc2O)c1. The second-order valence-electron chi connectivity index (χ2n) is 4.30. The number of hydrogen-bond donors (Lipinski definition) is 1. The molecule has 0 radical (unpaired) electrons. The standard InChI is InChI=1S/C15H16O/c1-11(2)12-6-5-7-13(10-12)14-8-3-4-9-15(14)16/h3-11,16H,1-2H3. The molecule has 0 aromatic heterocycles.